The van der Waals surface area contributed by atoms with Gasteiger partial charge in [-0.2, -0.15) is 4.31 Å². The third-order valence-corrected chi connectivity index (χ3v) is 7.91. The zero-order chi connectivity index (χ0) is 21.5. The minimum atomic E-state index is -3.53. The van der Waals surface area contributed by atoms with E-state index in [2.05, 4.69) is 17.1 Å². The highest BCUT2D eigenvalue weighted by molar-refractivity contribution is 7.89. The van der Waals surface area contributed by atoms with Gasteiger partial charge in [0.05, 0.1) is 10.5 Å². The van der Waals surface area contributed by atoms with Crippen LogP contribution in [0, 0.1) is 0 Å². The zero-order valence-corrected chi connectivity index (χ0v) is 18.3. The smallest absolute Gasteiger partial charge is 0.259 e. The third kappa shape index (κ3) is 3.82. The fraction of sp³-hybridized carbons (Fsp3) is 0.409. The number of amides is 1. The summed E-state index contributed by atoms with van der Waals surface area (Å²) in [7, 11) is -1.55. The van der Waals surface area contributed by atoms with E-state index in [1.165, 1.54) is 4.31 Å². The van der Waals surface area contributed by atoms with Crippen molar-refractivity contribution in [3.05, 3.63) is 53.6 Å². The first-order chi connectivity index (χ1) is 14.3. The van der Waals surface area contributed by atoms with Crippen LogP contribution in [0.2, 0.25) is 0 Å². The van der Waals surface area contributed by atoms with Crippen molar-refractivity contribution in [3.8, 4) is 5.75 Å². The molecule has 0 spiro atoms. The molecule has 2 aliphatic heterocycles. The van der Waals surface area contributed by atoms with Crippen molar-refractivity contribution in [3.63, 3.8) is 0 Å². The number of para-hydroxylation sites is 1. The molecule has 8 heteroatoms. The molecular weight excluding hydrogens is 402 g/mol. The van der Waals surface area contributed by atoms with Crippen molar-refractivity contribution in [2.75, 3.05) is 38.5 Å². The monoisotopic (exact) mass is 429 g/mol. The summed E-state index contributed by atoms with van der Waals surface area (Å²) in [6.07, 6.45) is 0.0213. The van der Waals surface area contributed by atoms with Crippen LogP contribution in [-0.4, -0.2) is 62.9 Å². The molecule has 1 amide bonds. The summed E-state index contributed by atoms with van der Waals surface area (Å²) < 4.78 is 33.1. The Morgan fingerprint density at radius 3 is 2.37 bits per heavy atom. The number of likely N-dealkylation sites (N-methyl/N-ethyl adjacent to an activating group) is 1. The van der Waals surface area contributed by atoms with Gasteiger partial charge in [0.15, 0.2) is 0 Å². The fourth-order valence-electron chi connectivity index (χ4n) is 3.85. The molecule has 1 N–H and O–H groups in total. The summed E-state index contributed by atoms with van der Waals surface area (Å²) in [5, 5.41) is 2.85. The minimum Gasteiger partial charge on any atom is -0.489 e. The van der Waals surface area contributed by atoms with Crippen molar-refractivity contribution < 1.29 is 17.9 Å². The molecule has 30 heavy (non-hydrogen) atoms. The van der Waals surface area contributed by atoms with E-state index < -0.39 is 10.0 Å². The van der Waals surface area contributed by atoms with Gasteiger partial charge in [-0.05, 0) is 44.3 Å². The molecule has 0 aromatic heterocycles. The molecule has 2 unspecified atom stereocenters. The number of sulfonamides is 1. The number of benzene rings is 2. The average molecular weight is 430 g/mol. The molecule has 2 aromatic rings. The maximum Gasteiger partial charge on any atom is 0.259 e. The number of carbonyl (C=O) groups is 1. The van der Waals surface area contributed by atoms with Crippen LogP contribution < -0.4 is 10.1 Å². The van der Waals surface area contributed by atoms with Crippen LogP contribution in [0.1, 0.15) is 35.7 Å². The lowest BCUT2D eigenvalue weighted by atomic mass is 9.97. The number of hydrogen-bond donors (Lipinski definition) is 1. The van der Waals surface area contributed by atoms with E-state index in [1.54, 1.807) is 30.3 Å². The Hall–Kier alpha value is -2.42. The number of carbonyl (C=O) groups excluding carboxylic acids is 1. The molecule has 2 heterocycles. The van der Waals surface area contributed by atoms with Gasteiger partial charge in [0, 0.05) is 43.3 Å². The normalized spacial score (nSPS) is 22.4. The summed E-state index contributed by atoms with van der Waals surface area (Å²) in [5.74, 6) is 0.582. The van der Waals surface area contributed by atoms with E-state index >= 15 is 0 Å². The number of anilines is 1. The summed E-state index contributed by atoms with van der Waals surface area (Å²) in [6.45, 7) is 6.46. The van der Waals surface area contributed by atoms with E-state index in [9.17, 15) is 13.2 Å². The van der Waals surface area contributed by atoms with Gasteiger partial charge in [0.1, 0.15) is 11.9 Å². The molecule has 2 aromatic carbocycles. The number of fused-ring (bicyclic) bond motifs is 1. The molecule has 0 radical (unpaired) electrons. The van der Waals surface area contributed by atoms with Crippen LogP contribution in [0.15, 0.2) is 47.4 Å². The number of hydrogen-bond acceptors (Lipinski definition) is 5. The van der Waals surface area contributed by atoms with Crippen LogP contribution in [0.3, 0.4) is 0 Å². The predicted molar refractivity (Wildman–Crippen MR) is 116 cm³/mol. The van der Waals surface area contributed by atoms with Gasteiger partial charge in [-0.3, -0.25) is 4.79 Å². The zero-order valence-electron chi connectivity index (χ0n) is 17.5. The molecule has 0 aliphatic carbocycles. The van der Waals surface area contributed by atoms with E-state index in [0.717, 1.165) is 5.56 Å². The number of ether oxygens (including phenoxy) is 1. The first-order valence-electron chi connectivity index (χ1n) is 10.2. The quantitative estimate of drug-likeness (QED) is 0.809. The van der Waals surface area contributed by atoms with Gasteiger partial charge in [0.25, 0.3) is 5.91 Å². The maximum atomic E-state index is 12.8. The predicted octanol–water partition coefficient (Wildman–Crippen LogP) is 2.76. The summed E-state index contributed by atoms with van der Waals surface area (Å²) >= 11 is 0. The molecule has 7 nitrogen and oxygen atoms in total. The molecule has 2 aliphatic rings. The minimum absolute atomic E-state index is 0.0213. The lowest BCUT2D eigenvalue weighted by Crippen LogP contribution is -2.46. The van der Waals surface area contributed by atoms with Crippen LogP contribution in [0.5, 0.6) is 5.75 Å². The first-order valence-corrected chi connectivity index (χ1v) is 11.6. The molecule has 160 valence electrons. The summed E-state index contributed by atoms with van der Waals surface area (Å²) in [5.41, 5.74) is 2.05. The lowest BCUT2D eigenvalue weighted by molar-refractivity contribution is 0.102. The van der Waals surface area contributed by atoms with Crippen molar-refractivity contribution in [2.45, 2.75) is 30.8 Å². The second kappa shape index (κ2) is 8.02. The van der Waals surface area contributed by atoms with Crippen LogP contribution >= 0.6 is 0 Å². The number of nitrogens with zero attached hydrogens (tertiary/aromatic N) is 2. The van der Waals surface area contributed by atoms with Gasteiger partial charge >= 0.3 is 0 Å². The van der Waals surface area contributed by atoms with E-state index in [0.29, 0.717) is 43.2 Å². The van der Waals surface area contributed by atoms with E-state index in [4.69, 9.17) is 4.74 Å². The Kier molecular flexibility index (Phi) is 5.57. The highest BCUT2D eigenvalue weighted by Crippen LogP contribution is 2.40. The van der Waals surface area contributed by atoms with Crippen molar-refractivity contribution >= 4 is 21.6 Å². The summed E-state index contributed by atoms with van der Waals surface area (Å²) in [6, 6.07) is 11.9. The van der Waals surface area contributed by atoms with Gasteiger partial charge in [-0.1, -0.05) is 19.1 Å². The van der Waals surface area contributed by atoms with Gasteiger partial charge < -0.3 is 15.0 Å². The largest absolute Gasteiger partial charge is 0.489 e. The highest BCUT2D eigenvalue weighted by Gasteiger charge is 2.31. The fourth-order valence-corrected chi connectivity index (χ4v) is 5.27. The van der Waals surface area contributed by atoms with Crippen molar-refractivity contribution in [1.29, 1.82) is 0 Å². The molecule has 2 atom stereocenters. The molecule has 1 fully saturated rings. The van der Waals surface area contributed by atoms with Gasteiger partial charge in [-0.15, -0.1) is 0 Å². The number of piperazine rings is 1. The Morgan fingerprint density at radius 1 is 1.03 bits per heavy atom. The van der Waals surface area contributed by atoms with E-state index in [1.807, 2.05) is 26.1 Å². The standard InChI is InChI=1S/C22H27N3O4S/c1-15-16(2)29-21-19(15)5-4-6-20(21)22(26)23-17-7-9-18(10-8-17)30(27,28)25-13-11-24(3)12-14-25/h4-10,15-16H,11-14H2,1-3H3,(H,23,26). The average Bonchev–Trinajstić information content (AvgIpc) is 3.02. The highest BCUT2D eigenvalue weighted by atomic mass is 32.2. The summed E-state index contributed by atoms with van der Waals surface area (Å²) in [4.78, 5) is 15.2. The van der Waals surface area contributed by atoms with Crippen molar-refractivity contribution in [2.24, 2.45) is 0 Å². The second-order valence-corrected chi connectivity index (χ2v) is 9.96. The Balaban J connectivity index is 1.49. The molecule has 0 bridgehead atoms. The topological polar surface area (TPSA) is 78.9 Å². The Bertz CT molecular complexity index is 1040. The third-order valence-electron chi connectivity index (χ3n) is 6.00. The molecule has 4 rings (SSSR count). The van der Waals surface area contributed by atoms with Crippen LogP contribution in [0.4, 0.5) is 5.69 Å². The molecule has 0 saturated carbocycles. The van der Waals surface area contributed by atoms with Crippen molar-refractivity contribution in [1.82, 2.24) is 9.21 Å². The van der Waals surface area contributed by atoms with Crippen LogP contribution in [0.25, 0.3) is 0 Å². The number of rotatable bonds is 4. The van der Waals surface area contributed by atoms with Gasteiger partial charge in [0.2, 0.25) is 10.0 Å². The second-order valence-electron chi connectivity index (χ2n) is 8.02. The Labute approximate surface area is 177 Å². The molecular formula is C22H27N3O4S. The Morgan fingerprint density at radius 2 is 1.70 bits per heavy atom. The van der Waals surface area contributed by atoms with Crippen LogP contribution in [-0.2, 0) is 10.0 Å². The lowest BCUT2D eigenvalue weighted by Gasteiger charge is -2.31. The number of nitrogens with one attached hydrogen (secondary N) is 1. The SMILES string of the molecule is CC1Oc2c(C(=O)Nc3ccc(S(=O)(=O)N4CCN(C)CC4)cc3)cccc2C1C. The van der Waals surface area contributed by atoms with Gasteiger partial charge in [-0.25, -0.2) is 8.42 Å². The van der Waals surface area contributed by atoms with E-state index in [-0.39, 0.29) is 22.8 Å². The first kappa shape index (κ1) is 20.8. The maximum absolute atomic E-state index is 12.8. The molecule has 1 saturated heterocycles.